The molecule has 0 aliphatic carbocycles. The summed E-state index contributed by atoms with van der Waals surface area (Å²) in [6.45, 7) is 10.9. The molecule has 0 radical (unpaired) electrons. The molecule has 3 aromatic rings. The number of anilines is 1. The van der Waals surface area contributed by atoms with E-state index in [9.17, 15) is 19.2 Å². The SMILES string of the molecule is CC(C)(C)OC(=O)NCC(=O)Nc1cc(-c2nn3c(=O)c(F)c(C4CCN(C(=O)OC(C)(C)C)CC4)nc3s2)ccn1. The zero-order chi connectivity index (χ0) is 30.8. The summed E-state index contributed by atoms with van der Waals surface area (Å²) in [6.07, 6.45) is 1.15. The molecule has 13 nitrogen and oxygen atoms in total. The zero-order valence-corrected chi connectivity index (χ0v) is 25.1. The molecule has 0 spiro atoms. The number of hydrogen-bond acceptors (Lipinski definition) is 10. The Hall–Kier alpha value is -4.14. The summed E-state index contributed by atoms with van der Waals surface area (Å²) in [5, 5.41) is 9.55. The molecule has 1 aliphatic rings. The van der Waals surface area contributed by atoms with Crippen LogP contribution >= 0.6 is 11.3 Å². The van der Waals surface area contributed by atoms with Crippen molar-refractivity contribution in [2.45, 2.75) is 71.5 Å². The van der Waals surface area contributed by atoms with Gasteiger partial charge in [0.15, 0.2) is 0 Å². The number of aromatic nitrogens is 4. The summed E-state index contributed by atoms with van der Waals surface area (Å²) in [6, 6.07) is 3.17. The van der Waals surface area contributed by atoms with E-state index < -0.39 is 40.7 Å². The third kappa shape index (κ3) is 7.78. The second kappa shape index (κ2) is 12.0. The van der Waals surface area contributed by atoms with E-state index in [1.807, 2.05) is 0 Å². The summed E-state index contributed by atoms with van der Waals surface area (Å²) in [5.74, 6) is -1.66. The first-order chi connectivity index (χ1) is 19.6. The van der Waals surface area contributed by atoms with Crippen molar-refractivity contribution in [3.05, 3.63) is 40.2 Å². The van der Waals surface area contributed by atoms with E-state index in [2.05, 4.69) is 25.7 Å². The predicted molar refractivity (Wildman–Crippen MR) is 153 cm³/mol. The maximum Gasteiger partial charge on any atom is 0.410 e. The molecule has 1 fully saturated rings. The van der Waals surface area contributed by atoms with Crippen LogP contribution < -0.4 is 16.2 Å². The maximum absolute atomic E-state index is 15.2. The molecule has 3 amide bonds. The Morgan fingerprint density at radius 2 is 1.76 bits per heavy atom. The van der Waals surface area contributed by atoms with Crippen LogP contribution in [0.25, 0.3) is 15.5 Å². The Morgan fingerprint density at radius 3 is 2.40 bits per heavy atom. The minimum atomic E-state index is -0.972. The van der Waals surface area contributed by atoms with Crippen molar-refractivity contribution < 1.29 is 28.2 Å². The molecule has 0 saturated carbocycles. The van der Waals surface area contributed by atoms with E-state index >= 15 is 4.39 Å². The fourth-order valence-corrected chi connectivity index (χ4v) is 5.07. The molecule has 15 heteroatoms. The lowest BCUT2D eigenvalue weighted by molar-refractivity contribution is -0.115. The van der Waals surface area contributed by atoms with E-state index in [1.165, 1.54) is 12.3 Å². The second-order valence-electron chi connectivity index (χ2n) is 11.8. The average Bonchev–Trinajstić information content (AvgIpc) is 3.32. The first-order valence-corrected chi connectivity index (χ1v) is 14.2. The first-order valence-electron chi connectivity index (χ1n) is 13.4. The van der Waals surface area contributed by atoms with E-state index in [1.54, 1.807) is 52.5 Å². The van der Waals surface area contributed by atoms with Crippen molar-refractivity contribution >= 4 is 40.2 Å². The third-order valence-corrected chi connectivity index (χ3v) is 6.94. The lowest BCUT2D eigenvalue weighted by Gasteiger charge is -2.33. The number of ether oxygens (including phenoxy) is 2. The van der Waals surface area contributed by atoms with Crippen molar-refractivity contribution in [1.82, 2.24) is 29.8 Å². The van der Waals surface area contributed by atoms with E-state index in [0.29, 0.717) is 36.5 Å². The normalized spacial score (nSPS) is 14.5. The number of carbonyl (C=O) groups is 3. The van der Waals surface area contributed by atoms with Gasteiger partial charge in [-0.1, -0.05) is 11.3 Å². The first kappa shape index (κ1) is 30.8. The van der Waals surface area contributed by atoms with Crippen LogP contribution in [0.1, 0.15) is 66.0 Å². The van der Waals surface area contributed by atoms with Crippen LogP contribution in [0.5, 0.6) is 0 Å². The van der Waals surface area contributed by atoms with Gasteiger partial charge in [-0.25, -0.2) is 19.6 Å². The third-order valence-electron chi connectivity index (χ3n) is 5.98. The fraction of sp³-hybridized carbons (Fsp3) is 0.519. The number of halogens is 1. The minimum absolute atomic E-state index is 0.0548. The number of likely N-dealkylation sites (tertiary alicyclic amines) is 1. The molecular formula is C27H34FN7O6S. The van der Waals surface area contributed by atoms with Gasteiger partial charge in [0.05, 0.1) is 5.69 Å². The molecule has 42 heavy (non-hydrogen) atoms. The smallest absolute Gasteiger partial charge is 0.410 e. The number of alkyl carbamates (subject to hydrolysis) is 1. The topological polar surface area (TPSA) is 157 Å². The summed E-state index contributed by atoms with van der Waals surface area (Å²) >= 11 is 1.09. The van der Waals surface area contributed by atoms with Gasteiger partial charge in [0.2, 0.25) is 16.7 Å². The quantitative estimate of drug-likeness (QED) is 0.441. The molecule has 226 valence electrons. The van der Waals surface area contributed by atoms with Gasteiger partial charge in [-0.3, -0.25) is 9.59 Å². The van der Waals surface area contributed by atoms with Crippen LogP contribution in [0.3, 0.4) is 0 Å². The fourth-order valence-electron chi connectivity index (χ4n) is 4.18. The Kier molecular flexibility index (Phi) is 8.80. The van der Waals surface area contributed by atoms with Crippen LogP contribution in [0.4, 0.5) is 19.8 Å². The number of fused-ring (bicyclic) bond motifs is 1. The van der Waals surface area contributed by atoms with Gasteiger partial charge in [-0.05, 0) is 66.5 Å². The Labute approximate surface area is 245 Å². The highest BCUT2D eigenvalue weighted by atomic mass is 32.1. The summed E-state index contributed by atoms with van der Waals surface area (Å²) in [7, 11) is 0. The predicted octanol–water partition coefficient (Wildman–Crippen LogP) is 3.93. The van der Waals surface area contributed by atoms with Crippen LogP contribution in [0, 0.1) is 5.82 Å². The molecule has 4 rings (SSSR count). The Balaban J connectivity index is 1.46. The van der Waals surface area contributed by atoms with Gasteiger partial charge in [0, 0.05) is 30.8 Å². The minimum Gasteiger partial charge on any atom is -0.444 e. The van der Waals surface area contributed by atoms with Crippen LogP contribution in [-0.4, -0.2) is 73.4 Å². The number of nitrogens with zero attached hydrogens (tertiary/aromatic N) is 5. The average molecular weight is 604 g/mol. The number of piperidine rings is 1. The summed E-state index contributed by atoms with van der Waals surface area (Å²) < 4.78 is 26.6. The highest BCUT2D eigenvalue weighted by molar-refractivity contribution is 7.19. The summed E-state index contributed by atoms with van der Waals surface area (Å²) in [5.41, 5.74) is -1.66. The zero-order valence-electron chi connectivity index (χ0n) is 24.3. The molecule has 0 atom stereocenters. The molecular weight excluding hydrogens is 569 g/mol. The van der Waals surface area contributed by atoms with Crippen molar-refractivity contribution in [2.24, 2.45) is 0 Å². The molecule has 1 aliphatic heterocycles. The number of amides is 3. The van der Waals surface area contributed by atoms with Crippen molar-refractivity contribution in [1.29, 1.82) is 0 Å². The largest absolute Gasteiger partial charge is 0.444 e. The van der Waals surface area contributed by atoms with Crippen molar-refractivity contribution in [3.8, 4) is 10.6 Å². The molecule has 0 aromatic carbocycles. The van der Waals surface area contributed by atoms with Crippen molar-refractivity contribution in [2.75, 3.05) is 25.0 Å². The van der Waals surface area contributed by atoms with E-state index in [0.717, 1.165) is 15.9 Å². The lowest BCUT2D eigenvalue weighted by atomic mass is 9.93. The maximum atomic E-state index is 15.2. The van der Waals surface area contributed by atoms with Crippen molar-refractivity contribution in [3.63, 3.8) is 0 Å². The summed E-state index contributed by atoms with van der Waals surface area (Å²) in [4.78, 5) is 59.7. The van der Waals surface area contributed by atoms with Gasteiger partial charge in [-0.15, -0.1) is 0 Å². The van der Waals surface area contributed by atoms with Gasteiger partial charge in [0.1, 0.15) is 28.6 Å². The highest BCUT2D eigenvalue weighted by Crippen LogP contribution is 2.31. The van der Waals surface area contributed by atoms with Gasteiger partial charge in [-0.2, -0.15) is 14.0 Å². The molecule has 3 aromatic heterocycles. The highest BCUT2D eigenvalue weighted by Gasteiger charge is 2.31. The molecule has 0 bridgehead atoms. The number of nitrogens with one attached hydrogen (secondary N) is 2. The van der Waals surface area contributed by atoms with Gasteiger partial charge < -0.3 is 25.0 Å². The van der Waals surface area contributed by atoms with Crippen LogP contribution in [-0.2, 0) is 14.3 Å². The molecule has 0 unspecified atom stereocenters. The number of carbonyl (C=O) groups excluding carboxylic acids is 3. The van der Waals surface area contributed by atoms with Crippen LogP contribution in [0.15, 0.2) is 23.1 Å². The molecule has 1 saturated heterocycles. The number of rotatable bonds is 5. The standard InChI is InChI=1S/C27H34FN7O6S/c1-26(2,3)40-24(38)30-14-18(36)31-17-13-16(7-10-29-17)21-33-35-22(37)19(28)20(32-23(35)42-21)15-8-11-34(12-9-15)25(39)41-27(4,5)6/h7,10,13,15H,8-9,11-12,14H2,1-6H3,(H,30,38)(H,29,31,36). The Morgan fingerprint density at radius 1 is 1.10 bits per heavy atom. The number of hydrogen-bond donors (Lipinski definition) is 2. The Bertz CT molecular complexity index is 1550. The number of pyridine rings is 1. The molecule has 2 N–H and O–H groups in total. The molecule has 4 heterocycles. The monoisotopic (exact) mass is 603 g/mol. The van der Waals surface area contributed by atoms with Gasteiger partial charge >= 0.3 is 17.7 Å². The lowest BCUT2D eigenvalue weighted by Crippen LogP contribution is -2.41. The van der Waals surface area contributed by atoms with E-state index in [-0.39, 0.29) is 28.9 Å². The van der Waals surface area contributed by atoms with E-state index in [4.69, 9.17) is 9.47 Å². The second-order valence-corrected chi connectivity index (χ2v) is 12.7. The van der Waals surface area contributed by atoms with Crippen LogP contribution in [0.2, 0.25) is 0 Å². The van der Waals surface area contributed by atoms with Gasteiger partial charge in [0.25, 0.3) is 0 Å².